The molecule has 0 bridgehead atoms. The van der Waals surface area contributed by atoms with Crippen molar-refractivity contribution in [3.8, 4) is 0 Å². The third kappa shape index (κ3) is 2.93. The normalized spacial score (nSPS) is 27.1. The molecule has 1 aliphatic heterocycles. The Bertz CT molecular complexity index is 274. The molecule has 14 heavy (non-hydrogen) atoms. The molecule has 0 aliphatic carbocycles. The Balaban J connectivity index is 2.65. The van der Waals surface area contributed by atoms with E-state index in [-0.39, 0.29) is 11.8 Å². The van der Waals surface area contributed by atoms with Crippen molar-refractivity contribution in [2.45, 2.75) is 45.3 Å². The molecule has 0 amide bonds. The molecular weight excluding hydrogens is 202 g/mol. The van der Waals surface area contributed by atoms with Crippen LogP contribution in [0, 0.1) is 0 Å². The van der Waals surface area contributed by atoms with Crippen LogP contribution in [0.2, 0.25) is 0 Å². The van der Waals surface area contributed by atoms with Gasteiger partial charge in [-0.2, -0.15) is 4.31 Å². The van der Waals surface area contributed by atoms with Crippen LogP contribution in [0.4, 0.5) is 0 Å². The van der Waals surface area contributed by atoms with E-state index >= 15 is 0 Å². The van der Waals surface area contributed by atoms with E-state index in [4.69, 9.17) is 0 Å². The van der Waals surface area contributed by atoms with Gasteiger partial charge in [-0.3, -0.25) is 0 Å². The fourth-order valence-corrected chi connectivity index (χ4v) is 3.76. The Labute approximate surface area is 86.0 Å². The van der Waals surface area contributed by atoms with Crippen molar-refractivity contribution in [3.05, 3.63) is 0 Å². The summed E-state index contributed by atoms with van der Waals surface area (Å²) >= 11 is 0. The fourth-order valence-electron chi connectivity index (χ4n) is 1.91. The van der Waals surface area contributed by atoms with Crippen molar-refractivity contribution in [2.24, 2.45) is 0 Å². The molecule has 0 aromatic heterocycles. The monoisotopic (exact) mass is 221 g/mol. The summed E-state index contributed by atoms with van der Waals surface area (Å²) in [5, 5.41) is 9.20. The Hall–Kier alpha value is -0.130. The molecule has 1 heterocycles. The summed E-state index contributed by atoms with van der Waals surface area (Å²) in [6, 6.07) is -0.0831. The lowest BCUT2D eigenvalue weighted by molar-refractivity contribution is 0.150. The molecule has 1 saturated heterocycles. The number of hydrogen-bond donors (Lipinski definition) is 1. The van der Waals surface area contributed by atoms with Gasteiger partial charge in [0.25, 0.3) is 0 Å². The second-order valence-electron chi connectivity index (χ2n) is 4.07. The van der Waals surface area contributed by atoms with E-state index < -0.39 is 16.1 Å². The summed E-state index contributed by atoms with van der Waals surface area (Å²) in [5.74, 6) is 0.261. The Morgan fingerprint density at radius 2 is 2.00 bits per heavy atom. The molecule has 4 nitrogen and oxygen atoms in total. The quantitative estimate of drug-likeness (QED) is 0.758. The molecule has 1 fully saturated rings. The van der Waals surface area contributed by atoms with Gasteiger partial charge in [-0.15, -0.1) is 0 Å². The van der Waals surface area contributed by atoms with Crippen LogP contribution < -0.4 is 0 Å². The van der Waals surface area contributed by atoms with Crippen LogP contribution in [0.5, 0.6) is 0 Å². The number of aliphatic hydroxyl groups is 1. The fraction of sp³-hybridized carbons (Fsp3) is 1.00. The van der Waals surface area contributed by atoms with Crippen LogP contribution in [0.15, 0.2) is 0 Å². The molecule has 2 atom stereocenters. The lowest BCUT2D eigenvalue weighted by Gasteiger charge is -2.32. The van der Waals surface area contributed by atoms with Crippen molar-refractivity contribution in [1.82, 2.24) is 4.31 Å². The van der Waals surface area contributed by atoms with E-state index in [1.165, 1.54) is 4.31 Å². The lowest BCUT2D eigenvalue weighted by atomic mass is 10.1. The van der Waals surface area contributed by atoms with Gasteiger partial charge in [-0.25, -0.2) is 8.42 Å². The van der Waals surface area contributed by atoms with Crippen molar-refractivity contribution in [1.29, 1.82) is 0 Å². The molecule has 5 heteroatoms. The van der Waals surface area contributed by atoms with Gasteiger partial charge in [0.1, 0.15) is 0 Å². The number of nitrogens with zero attached hydrogens (tertiary/aromatic N) is 1. The van der Waals surface area contributed by atoms with Crippen molar-refractivity contribution < 1.29 is 13.5 Å². The maximum absolute atomic E-state index is 11.6. The Kier molecular flexibility index (Phi) is 3.92. The van der Waals surface area contributed by atoms with Crippen LogP contribution in [-0.4, -0.2) is 42.3 Å². The van der Waals surface area contributed by atoms with Gasteiger partial charge >= 0.3 is 0 Å². The molecular formula is C9H19NO3S. The standard InChI is InChI=1S/C9H19NO3S/c1-8(7-9(2)11)10-5-3-4-6-14(10,12)13/h8-9,11H,3-7H2,1-2H3. The maximum Gasteiger partial charge on any atom is 0.214 e. The van der Waals surface area contributed by atoms with Gasteiger partial charge < -0.3 is 5.11 Å². The van der Waals surface area contributed by atoms with Crippen LogP contribution in [0.25, 0.3) is 0 Å². The molecule has 0 aromatic carbocycles. The highest BCUT2D eigenvalue weighted by atomic mass is 32.2. The SMILES string of the molecule is CC(O)CC(C)N1CCCCS1(=O)=O. The van der Waals surface area contributed by atoms with Crippen molar-refractivity contribution >= 4 is 10.0 Å². The highest BCUT2D eigenvalue weighted by Gasteiger charge is 2.30. The summed E-state index contributed by atoms with van der Waals surface area (Å²) in [7, 11) is -3.05. The van der Waals surface area contributed by atoms with E-state index in [1.807, 2.05) is 6.92 Å². The molecule has 0 saturated carbocycles. The smallest absolute Gasteiger partial charge is 0.214 e. The second kappa shape index (κ2) is 4.59. The predicted octanol–water partition coefficient (Wildman–Crippen LogP) is 0.571. The van der Waals surface area contributed by atoms with Crippen molar-refractivity contribution in [3.63, 3.8) is 0 Å². The summed E-state index contributed by atoms with van der Waals surface area (Å²) in [5.41, 5.74) is 0. The maximum atomic E-state index is 11.6. The number of rotatable bonds is 3. The van der Waals surface area contributed by atoms with Crippen molar-refractivity contribution in [2.75, 3.05) is 12.3 Å². The lowest BCUT2D eigenvalue weighted by Crippen LogP contribution is -2.44. The molecule has 0 radical (unpaired) electrons. The molecule has 1 aliphatic rings. The van der Waals surface area contributed by atoms with Crippen LogP contribution >= 0.6 is 0 Å². The predicted molar refractivity (Wildman–Crippen MR) is 55.5 cm³/mol. The van der Waals surface area contributed by atoms with E-state index in [0.717, 1.165) is 12.8 Å². The second-order valence-corrected chi connectivity index (χ2v) is 6.11. The average molecular weight is 221 g/mol. The molecule has 84 valence electrons. The molecule has 2 unspecified atom stereocenters. The third-order valence-electron chi connectivity index (χ3n) is 2.56. The minimum atomic E-state index is -3.05. The number of sulfonamides is 1. The van der Waals surface area contributed by atoms with E-state index in [0.29, 0.717) is 13.0 Å². The summed E-state index contributed by atoms with van der Waals surface area (Å²) in [4.78, 5) is 0. The minimum Gasteiger partial charge on any atom is -0.393 e. The first kappa shape index (κ1) is 11.9. The summed E-state index contributed by atoms with van der Waals surface area (Å²) < 4.78 is 24.8. The average Bonchev–Trinajstić information content (AvgIpc) is 2.01. The van der Waals surface area contributed by atoms with Crippen LogP contribution in [-0.2, 0) is 10.0 Å². The first-order valence-electron chi connectivity index (χ1n) is 5.11. The van der Waals surface area contributed by atoms with E-state index in [9.17, 15) is 13.5 Å². The topological polar surface area (TPSA) is 57.6 Å². The van der Waals surface area contributed by atoms with Gasteiger partial charge in [0.05, 0.1) is 11.9 Å². The van der Waals surface area contributed by atoms with Gasteiger partial charge in [-0.1, -0.05) is 0 Å². The minimum absolute atomic E-state index is 0.0831. The molecule has 1 rings (SSSR count). The summed E-state index contributed by atoms with van der Waals surface area (Å²) in [6.07, 6.45) is 1.77. The molecule has 0 aromatic rings. The zero-order chi connectivity index (χ0) is 10.8. The van der Waals surface area contributed by atoms with Gasteiger partial charge in [-0.05, 0) is 33.1 Å². The van der Waals surface area contributed by atoms with Crippen LogP contribution in [0.1, 0.15) is 33.1 Å². The molecule has 0 spiro atoms. The van der Waals surface area contributed by atoms with E-state index in [2.05, 4.69) is 0 Å². The Morgan fingerprint density at radius 1 is 1.36 bits per heavy atom. The van der Waals surface area contributed by atoms with Gasteiger partial charge in [0.15, 0.2) is 0 Å². The van der Waals surface area contributed by atoms with Crippen LogP contribution in [0.3, 0.4) is 0 Å². The highest BCUT2D eigenvalue weighted by Crippen LogP contribution is 2.19. The summed E-state index contributed by atoms with van der Waals surface area (Å²) in [6.45, 7) is 4.15. The third-order valence-corrected chi connectivity index (χ3v) is 4.62. The first-order chi connectivity index (χ1) is 6.43. The zero-order valence-electron chi connectivity index (χ0n) is 8.81. The van der Waals surface area contributed by atoms with Gasteiger partial charge in [0, 0.05) is 12.6 Å². The largest absolute Gasteiger partial charge is 0.393 e. The Morgan fingerprint density at radius 3 is 2.50 bits per heavy atom. The number of aliphatic hydroxyl groups excluding tert-OH is 1. The first-order valence-corrected chi connectivity index (χ1v) is 6.72. The number of hydrogen-bond acceptors (Lipinski definition) is 3. The highest BCUT2D eigenvalue weighted by molar-refractivity contribution is 7.89. The van der Waals surface area contributed by atoms with Gasteiger partial charge in [0.2, 0.25) is 10.0 Å². The zero-order valence-corrected chi connectivity index (χ0v) is 9.63. The molecule has 1 N–H and O–H groups in total. The van der Waals surface area contributed by atoms with E-state index in [1.54, 1.807) is 6.92 Å².